The Kier molecular flexibility index (Phi) is 3.72. The van der Waals surface area contributed by atoms with Crippen molar-refractivity contribution < 1.29 is 9.47 Å². The second kappa shape index (κ2) is 5.45. The van der Waals surface area contributed by atoms with Crippen molar-refractivity contribution in [3.63, 3.8) is 0 Å². The lowest BCUT2D eigenvalue weighted by Gasteiger charge is -2.12. The van der Waals surface area contributed by atoms with Crippen LogP contribution in [0, 0.1) is 6.92 Å². The van der Waals surface area contributed by atoms with Crippen molar-refractivity contribution >= 4 is 5.69 Å². The van der Waals surface area contributed by atoms with E-state index < -0.39 is 0 Å². The van der Waals surface area contributed by atoms with Gasteiger partial charge in [0.2, 0.25) is 0 Å². The van der Waals surface area contributed by atoms with Crippen LogP contribution < -0.4 is 15.2 Å². The molecular formula is C15H17NO2. The summed E-state index contributed by atoms with van der Waals surface area (Å²) in [7, 11) is 0. The van der Waals surface area contributed by atoms with Gasteiger partial charge in [-0.1, -0.05) is 12.1 Å². The molecular weight excluding hydrogens is 226 g/mol. The molecule has 0 heterocycles. The highest BCUT2D eigenvalue weighted by Gasteiger charge is 2.05. The van der Waals surface area contributed by atoms with Gasteiger partial charge in [-0.05, 0) is 43.7 Å². The van der Waals surface area contributed by atoms with E-state index in [1.54, 1.807) is 6.07 Å². The molecule has 0 amide bonds. The van der Waals surface area contributed by atoms with Crippen LogP contribution in [0.2, 0.25) is 0 Å². The lowest BCUT2D eigenvalue weighted by atomic mass is 10.2. The monoisotopic (exact) mass is 243 g/mol. The molecule has 0 bridgehead atoms. The zero-order chi connectivity index (χ0) is 13.0. The van der Waals surface area contributed by atoms with Gasteiger partial charge in [0, 0.05) is 11.8 Å². The van der Waals surface area contributed by atoms with Crippen molar-refractivity contribution in [3.05, 3.63) is 48.0 Å². The van der Waals surface area contributed by atoms with Crippen molar-refractivity contribution in [2.75, 3.05) is 12.3 Å². The molecule has 2 rings (SSSR count). The second-order valence-electron chi connectivity index (χ2n) is 4.06. The molecule has 18 heavy (non-hydrogen) atoms. The molecule has 2 aromatic carbocycles. The number of hydrogen-bond donors (Lipinski definition) is 1. The number of hydrogen-bond acceptors (Lipinski definition) is 3. The lowest BCUT2D eigenvalue weighted by molar-refractivity contribution is 0.321. The summed E-state index contributed by atoms with van der Waals surface area (Å²) >= 11 is 0. The molecule has 0 radical (unpaired) electrons. The van der Waals surface area contributed by atoms with E-state index in [9.17, 15) is 0 Å². The quantitative estimate of drug-likeness (QED) is 0.831. The van der Waals surface area contributed by atoms with E-state index in [2.05, 4.69) is 0 Å². The fraction of sp³-hybridized carbons (Fsp3) is 0.200. The average Bonchev–Trinajstić information content (AvgIpc) is 2.30. The third kappa shape index (κ3) is 2.94. The van der Waals surface area contributed by atoms with Gasteiger partial charge >= 0.3 is 0 Å². The van der Waals surface area contributed by atoms with Crippen LogP contribution in [0.3, 0.4) is 0 Å². The zero-order valence-electron chi connectivity index (χ0n) is 10.6. The third-order valence-electron chi connectivity index (χ3n) is 2.45. The Morgan fingerprint density at radius 1 is 1.06 bits per heavy atom. The Morgan fingerprint density at radius 2 is 1.78 bits per heavy atom. The minimum Gasteiger partial charge on any atom is -0.490 e. The van der Waals surface area contributed by atoms with Crippen molar-refractivity contribution in [3.8, 4) is 17.2 Å². The van der Waals surface area contributed by atoms with Crippen molar-refractivity contribution in [2.45, 2.75) is 13.8 Å². The number of ether oxygens (including phenoxy) is 2. The van der Waals surface area contributed by atoms with Gasteiger partial charge in [0.05, 0.1) is 6.61 Å². The molecule has 0 unspecified atom stereocenters. The molecule has 0 aliphatic carbocycles. The first-order valence-corrected chi connectivity index (χ1v) is 5.96. The highest BCUT2D eigenvalue weighted by Crippen LogP contribution is 2.32. The molecule has 3 heteroatoms. The minimum absolute atomic E-state index is 0.607. The van der Waals surface area contributed by atoms with Gasteiger partial charge in [-0.3, -0.25) is 0 Å². The fourth-order valence-corrected chi connectivity index (χ4v) is 1.77. The van der Waals surface area contributed by atoms with Gasteiger partial charge in [0.1, 0.15) is 5.75 Å². The largest absolute Gasteiger partial charge is 0.490 e. The summed E-state index contributed by atoms with van der Waals surface area (Å²) in [4.78, 5) is 0. The topological polar surface area (TPSA) is 44.5 Å². The van der Waals surface area contributed by atoms with Crippen LogP contribution in [0.1, 0.15) is 12.5 Å². The fourth-order valence-electron chi connectivity index (χ4n) is 1.77. The molecule has 0 aliphatic rings. The first-order chi connectivity index (χ1) is 8.69. The summed E-state index contributed by atoms with van der Waals surface area (Å²) in [5, 5.41) is 0. The standard InChI is InChI=1S/C15H17NO2/c1-3-17-14-6-4-5-7-15(14)18-13-9-11(2)8-12(16)10-13/h4-10H,3,16H2,1-2H3. The molecule has 0 atom stereocenters. The van der Waals surface area contributed by atoms with E-state index in [1.165, 1.54) is 0 Å². The molecule has 2 N–H and O–H groups in total. The van der Waals surface area contributed by atoms with Crippen LogP contribution in [-0.2, 0) is 0 Å². The first-order valence-electron chi connectivity index (χ1n) is 5.96. The summed E-state index contributed by atoms with van der Waals surface area (Å²) in [6.45, 7) is 4.54. The van der Waals surface area contributed by atoms with Crippen LogP contribution in [-0.4, -0.2) is 6.61 Å². The van der Waals surface area contributed by atoms with Crippen molar-refractivity contribution in [2.24, 2.45) is 0 Å². The highest BCUT2D eigenvalue weighted by atomic mass is 16.5. The number of benzene rings is 2. The lowest BCUT2D eigenvalue weighted by Crippen LogP contribution is -1.95. The highest BCUT2D eigenvalue weighted by molar-refractivity contribution is 5.50. The van der Waals surface area contributed by atoms with Gasteiger partial charge in [-0.15, -0.1) is 0 Å². The Hall–Kier alpha value is -2.16. The molecule has 0 aliphatic heterocycles. The normalized spacial score (nSPS) is 10.1. The number of rotatable bonds is 4. The second-order valence-corrected chi connectivity index (χ2v) is 4.06. The smallest absolute Gasteiger partial charge is 0.169 e. The SMILES string of the molecule is CCOc1ccccc1Oc1cc(C)cc(N)c1. The molecule has 0 spiro atoms. The Labute approximate surface area is 107 Å². The Morgan fingerprint density at radius 3 is 2.44 bits per heavy atom. The molecule has 3 nitrogen and oxygen atoms in total. The van der Waals surface area contributed by atoms with Gasteiger partial charge in [0.15, 0.2) is 11.5 Å². The molecule has 0 aromatic heterocycles. The summed E-state index contributed by atoms with van der Waals surface area (Å²) in [6, 6.07) is 13.2. The van der Waals surface area contributed by atoms with Gasteiger partial charge in [-0.2, -0.15) is 0 Å². The van der Waals surface area contributed by atoms with E-state index in [0.717, 1.165) is 17.1 Å². The van der Waals surface area contributed by atoms with Crippen LogP contribution >= 0.6 is 0 Å². The summed E-state index contributed by atoms with van der Waals surface area (Å²) in [6.07, 6.45) is 0. The number of para-hydroxylation sites is 2. The summed E-state index contributed by atoms with van der Waals surface area (Å²) < 4.78 is 11.3. The predicted octanol–water partition coefficient (Wildman–Crippen LogP) is 3.77. The molecule has 0 saturated carbocycles. The Balaban J connectivity index is 2.27. The maximum absolute atomic E-state index is 5.82. The number of aryl methyl sites for hydroxylation is 1. The van der Waals surface area contributed by atoms with Crippen molar-refractivity contribution in [1.29, 1.82) is 0 Å². The minimum atomic E-state index is 0.607. The number of anilines is 1. The van der Waals surface area contributed by atoms with Crippen LogP contribution in [0.5, 0.6) is 17.2 Å². The molecule has 94 valence electrons. The van der Waals surface area contributed by atoms with Crippen LogP contribution in [0.4, 0.5) is 5.69 Å². The third-order valence-corrected chi connectivity index (χ3v) is 2.45. The average molecular weight is 243 g/mol. The molecule has 2 aromatic rings. The van der Waals surface area contributed by atoms with Gasteiger partial charge < -0.3 is 15.2 Å². The summed E-state index contributed by atoms with van der Waals surface area (Å²) in [5.74, 6) is 2.16. The summed E-state index contributed by atoms with van der Waals surface area (Å²) in [5.41, 5.74) is 7.56. The van der Waals surface area contributed by atoms with Crippen LogP contribution in [0.25, 0.3) is 0 Å². The van der Waals surface area contributed by atoms with E-state index in [1.807, 2.05) is 50.2 Å². The van der Waals surface area contributed by atoms with E-state index in [0.29, 0.717) is 18.0 Å². The van der Waals surface area contributed by atoms with Crippen LogP contribution in [0.15, 0.2) is 42.5 Å². The Bertz CT molecular complexity index is 518. The number of nitrogen functional groups attached to an aromatic ring is 1. The maximum atomic E-state index is 5.82. The zero-order valence-corrected chi connectivity index (χ0v) is 10.6. The predicted molar refractivity (Wildman–Crippen MR) is 73.3 cm³/mol. The number of nitrogens with two attached hydrogens (primary N) is 1. The van der Waals surface area contributed by atoms with E-state index >= 15 is 0 Å². The van der Waals surface area contributed by atoms with Crippen molar-refractivity contribution in [1.82, 2.24) is 0 Å². The maximum Gasteiger partial charge on any atom is 0.169 e. The van der Waals surface area contributed by atoms with E-state index in [4.69, 9.17) is 15.2 Å². The first kappa shape index (κ1) is 12.3. The van der Waals surface area contributed by atoms with Gasteiger partial charge in [-0.25, -0.2) is 0 Å². The molecule has 0 fully saturated rings. The van der Waals surface area contributed by atoms with Gasteiger partial charge in [0.25, 0.3) is 0 Å². The van der Waals surface area contributed by atoms with E-state index in [-0.39, 0.29) is 0 Å². The molecule has 0 saturated heterocycles.